The van der Waals surface area contributed by atoms with E-state index in [1.807, 2.05) is 19.1 Å². The molecule has 1 aromatic carbocycles. The minimum atomic E-state index is -4.35. The van der Waals surface area contributed by atoms with E-state index in [4.69, 9.17) is 4.74 Å². The number of nitrogens with one attached hydrogen (secondary N) is 1. The summed E-state index contributed by atoms with van der Waals surface area (Å²) in [4.78, 5) is 18.8. The molecule has 1 fully saturated rings. The smallest absolute Gasteiger partial charge is 0.422 e. The summed E-state index contributed by atoms with van der Waals surface area (Å²) in [5.41, 5.74) is 1.92. The lowest BCUT2D eigenvalue weighted by Crippen LogP contribution is -2.37. The van der Waals surface area contributed by atoms with Crippen LogP contribution in [0.4, 0.5) is 19.0 Å². The van der Waals surface area contributed by atoms with Crippen molar-refractivity contribution in [1.82, 2.24) is 9.88 Å². The topological polar surface area (TPSA) is 54.5 Å². The second-order valence-electron chi connectivity index (χ2n) is 7.31. The predicted molar refractivity (Wildman–Crippen MR) is 104 cm³/mol. The number of likely N-dealkylation sites (tertiary alicyclic amines) is 1. The van der Waals surface area contributed by atoms with Gasteiger partial charge >= 0.3 is 6.18 Å². The van der Waals surface area contributed by atoms with Gasteiger partial charge in [-0.15, -0.1) is 0 Å². The van der Waals surface area contributed by atoms with Gasteiger partial charge in [-0.3, -0.25) is 9.69 Å². The Hall–Kier alpha value is -2.61. The lowest BCUT2D eigenvalue weighted by atomic mass is 9.95. The molecule has 0 atom stereocenters. The summed E-state index contributed by atoms with van der Waals surface area (Å²) in [5.74, 6) is 0.665. The zero-order chi connectivity index (χ0) is 20.9. The molecular formula is C21H24F3N3O2. The highest BCUT2D eigenvalue weighted by Crippen LogP contribution is 2.23. The van der Waals surface area contributed by atoms with E-state index in [1.165, 1.54) is 6.07 Å². The van der Waals surface area contributed by atoms with Gasteiger partial charge in [0.15, 0.2) is 6.61 Å². The number of anilines is 1. The number of hydrogen-bond donors (Lipinski definition) is 1. The summed E-state index contributed by atoms with van der Waals surface area (Å²) in [7, 11) is 0. The molecule has 1 aliphatic rings. The van der Waals surface area contributed by atoms with Gasteiger partial charge in [0, 0.05) is 18.7 Å². The van der Waals surface area contributed by atoms with Crippen molar-refractivity contribution in [2.75, 3.05) is 25.0 Å². The van der Waals surface area contributed by atoms with Crippen LogP contribution < -0.4 is 10.1 Å². The van der Waals surface area contributed by atoms with Crippen molar-refractivity contribution in [2.45, 2.75) is 32.5 Å². The molecule has 1 N–H and O–H groups in total. The molecule has 0 radical (unpaired) electrons. The summed E-state index contributed by atoms with van der Waals surface area (Å²) in [6.45, 7) is 2.73. The van der Waals surface area contributed by atoms with Gasteiger partial charge in [0.05, 0.1) is 0 Å². The molecule has 0 spiro atoms. The Kier molecular flexibility index (Phi) is 6.74. The van der Waals surface area contributed by atoms with Crippen LogP contribution in [-0.4, -0.2) is 41.7 Å². The third-order valence-corrected chi connectivity index (χ3v) is 4.83. The number of carbonyl (C=O) groups is 1. The van der Waals surface area contributed by atoms with E-state index < -0.39 is 12.8 Å². The third-order valence-electron chi connectivity index (χ3n) is 4.83. The van der Waals surface area contributed by atoms with Crippen molar-refractivity contribution >= 4 is 11.7 Å². The van der Waals surface area contributed by atoms with E-state index in [1.54, 1.807) is 24.4 Å². The number of ether oxygens (including phenoxy) is 1. The van der Waals surface area contributed by atoms with E-state index in [-0.39, 0.29) is 17.6 Å². The van der Waals surface area contributed by atoms with Gasteiger partial charge in [0.25, 0.3) is 0 Å². The second-order valence-corrected chi connectivity index (χ2v) is 7.31. The number of piperidine rings is 1. The summed E-state index contributed by atoms with van der Waals surface area (Å²) in [6, 6.07) is 10.4. The SMILES string of the molecule is Cc1ccc(NC(=O)C2CCN(Cc3cccc(OCC(F)(F)F)c3)CC2)nc1. The summed E-state index contributed by atoms with van der Waals surface area (Å²) in [6.07, 6.45) is -1.19. The number of carbonyl (C=O) groups excluding carboxylic acids is 1. The predicted octanol–water partition coefficient (Wildman–Crippen LogP) is 4.18. The Morgan fingerprint density at radius 1 is 1.24 bits per heavy atom. The van der Waals surface area contributed by atoms with E-state index in [9.17, 15) is 18.0 Å². The van der Waals surface area contributed by atoms with Crippen LogP contribution in [0.5, 0.6) is 5.75 Å². The molecular weight excluding hydrogens is 383 g/mol. The van der Waals surface area contributed by atoms with Crippen LogP contribution in [0, 0.1) is 12.8 Å². The van der Waals surface area contributed by atoms with E-state index in [0.717, 1.165) is 37.1 Å². The monoisotopic (exact) mass is 407 g/mol. The summed E-state index contributed by atoms with van der Waals surface area (Å²) in [5, 5.41) is 2.86. The average Bonchev–Trinajstić information content (AvgIpc) is 2.68. The molecule has 8 heteroatoms. The zero-order valence-electron chi connectivity index (χ0n) is 16.2. The van der Waals surface area contributed by atoms with Gasteiger partial charge in [-0.1, -0.05) is 18.2 Å². The first kappa shape index (κ1) is 21.1. The minimum Gasteiger partial charge on any atom is -0.484 e. The molecule has 1 amide bonds. The summed E-state index contributed by atoms with van der Waals surface area (Å²) >= 11 is 0. The molecule has 2 aromatic rings. The summed E-state index contributed by atoms with van der Waals surface area (Å²) < 4.78 is 41.7. The fourth-order valence-electron chi connectivity index (χ4n) is 3.28. The van der Waals surface area contributed by atoms with Crippen molar-refractivity contribution < 1.29 is 22.7 Å². The normalized spacial score (nSPS) is 15.9. The fraction of sp³-hybridized carbons (Fsp3) is 0.429. The number of pyridine rings is 1. The first-order valence-corrected chi connectivity index (χ1v) is 9.53. The van der Waals surface area contributed by atoms with Crippen molar-refractivity contribution in [3.8, 4) is 5.75 Å². The van der Waals surface area contributed by atoms with E-state index in [0.29, 0.717) is 12.4 Å². The Morgan fingerprint density at radius 2 is 2.00 bits per heavy atom. The van der Waals surface area contributed by atoms with Gasteiger partial charge in [0.1, 0.15) is 11.6 Å². The van der Waals surface area contributed by atoms with Crippen LogP contribution in [0.1, 0.15) is 24.0 Å². The number of hydrogen-bond acceptors (Lipinski definition) is 4. The lowest BCUT2D eigenvalue weighted by molar-refractivity contribution is -0.153. The van der Waals surface area contributed by atoms with Gasteiger partial charge in [-0.05, 0) is 62.2 Å². The molecule has 1 aromatic heterocycles. The van der Waals surface area contributed by atoms with Crippen LogP contribution in [0.2, 0.25) is 0 Å². The number of amides is 1. The molecule has 0 unspecified atom stereocenters. The van der Waals surface area contributed by atoms with E-state index >= 15 is 0 Å². The van der Waals surface area contributed by atoms with Gasteiger partial charge in [0.2, 0.25) is 5.91 Å². The average molecular weight is 407 g/mol. The highest BCUT2D eigenvalue weighted by molar-refractivity contribution is 5.91. The molecule has 29 heavy (non-hydrogen) atoms. The molecule has 0 saturated carbocycles. The highest BCUT2D eigenvalue weighted by Gasteiger charge is 2.28. The van der Waals surface area contributed by atoms with Crippen molar-refractivity contribution in [3.05, 3.63) is 53.7 Å². The zero-order valence-corrected chi connectivity index (χ0v) is 16.2. The number of aryl methyl sites for hydroxylation is 1. The maximum atomic E-state index is 12.4. The maximum Gasteiger partial charge on any atom is 0.422 e. The Morgan fingerprint density at radius 3 is 2.66 bits per heavy atom. The fourth-order valence-corrected chi connectivity index (χ4v) is 3.28. The maximum absolute atomic E-state index is 12.4. The minimum absolute atomic E-state index is 0.0245. The lowest BCUT2D eigenvalue weighted by Gasteiger charge is -2.31. The molecule has 1 saturated heterocycles. The van der Waals surface area contributed by atoms with Crippen LogP contribution >= 0.6 is 0 Å². The van der Waals surface area contributed by atoms with Crippen LogP contribution in [0.25, 0.3) is 0 Å². The van der Waals surface area contributed by atoms with Crippen molar-refractivity contribution in [2.24, 2.45) is 5.92 Å². The second kappa shape index (κ2) is 9.26. The number of benzene rings is 1. The Balaban J connectivity index is 1.47. The van der Waals surface area contributed by atoms with Gasteiger partial charge < -0.3 is 10.1 Å². The van der Waals surface area contributed by atoms with Crippen LogP contribution in [0.15, 0.2) is 42.6 Å². The molecule has 2 heterocycles. The first-order chi connectivity index (χ1) is 13.8. The quantitative estimate of drug-likeness (QED) is 0.781. The standard InChI is InChI=1S/C21H24F3N3O2/c1-15-5-6-19(25-12-15)26-20(28)17-7-9-27(10-8-17)13-16-3-2-4-18(11-16)29-14-21(22,23)24/h2-6,11-12,17H,7-10,13-14H2,1H3,(H,25,26,28). The number of rotatable bonds is 6. The Labute approximate surface area is 167 Å². The molecule has 156 valence electrons. The van der Waals surface area contributed by atoms with Crippen LogP contribution in [-0.2, 0) is 11.3 Å². The van der Waals surface area contributed by atoms with Crippen molar-refractivity contribution in [3.63, 3.8) is 0 Å². The molecule has 0 aliphatic carbocycles. The van der Waals surface area contributed by atoms with Crippen LogP contribution in [0.3, 0.4) is 0 Å². The Bertz CT molecular complexity index is 817. The number of nitrogens with zero attached hydrogens (tertiary/aromatic N) is 2. The molecule has 3 rings (SSSR count). The van der Waals surface area contributed by atoms with Gasteiger partial charge in [-0.2, -0.15) is 13.2 Å². The van der Waals surface area contributed by atoms with Gasteiger partial charge in [-0.25, -0.2) is 4.98 Å². The van der Waals surface area contributed by atoms with E-state index in [2.05, 4.69) is 15.2 Å². The molecule has 1 aliphatic heterocycles. The number of halogens is 3. The third kappa shape index (κ3) is 6.74. The molecule has 0 bridgehead atoms. The number of alkyl halides is 3. The first-order valence-electron chi connectivity index (χ1n) is 9.53. The molecule has 5 nitrogen and oxygen atoms in total. The number of aromatic nitrogens is 1. The van der Waals surface area contributed by atoms with Crippen molar-refractivity contribution in [1.29, 1.82) is 0 Å². The largest absolute Gasteiger partial charge is 0.484 e. The highest BCUT2D eigenvalue weighted by atomic mass is 19.4.